The molecule has 1 fully saturated rings. The standard InChI is InChI=1S/C14H19NO2/c1-17-13-7-10-5-6-15-14(9-3-2-4-9)11(10)8-12(13)16/h7-9,14-16H,2-6H2,1H3. The SMILES string of the molecule is COc1cc2c(cc1O)C(C1CCC1)NCC2. The van der Waals surface area contributed by atoms with Crippen molar-refractivity contribution in [3.05, 3.63) is 23.3 Å². The zero-order valence-electron chi connectivity index (χ0n) is 10.2. The zero-order chi connectivity index (χ0) is 11.8. The van der Waals surface area contributed by atoms with E-state index in [-0.39, 0.29) is 5.75 Å². The van der Waals surface area contributed by atoms with E-state index in [1.807, 2.05) is 12.1 Å². The molecular formula is C14H19NO2. The lowest BCUT2D eigenvalue weighted by Gasteiger charge is -2.38. The summed E-state index contributed by atoms with van der Waals surface area (Å²) in [6.07, 6.45) is 4.99. The second kappa shape index (κ2) is 4.22. The van der Waals surface area contributed by atoms with Crippen LogP contribution >= 0.6 is 0 Å². The highest BCUT2D eigenvalue weighted by Gasteiger charge is 2.32. The van der Waals surface area contributed by atoms with Crippen LogP contribution in [0.15, 0.2) is 12.1 Å². The third-order valence-corrected chi connectivity index (χ3v) is 4.16. The summed E-state index contributed by atoms with van der Waals surface area (Å²) in [6.45, 7) is 1.03. The van der Waals surface area contributed by atoms with Crippen molar-refractivity contribution in [2.45, 2.75) is 31.7 Å². The molecule has 1 aliphatic heterocycles. The Labute approximate surface area is 102 Å². The van der Waals surface area contributed by atoms with Crippen LogP contribution in [0.4, 0.5) is 0 Å². The first kappa shape index (κ1) is 10.9. The highest BCUT2D eigenvalue weighted by molar-refractivity contribution is 5.48. The molecule has 1 atom stereocenters. The summed E-state index contributed by atoms with van der Waals surface area (Å²) in [5.74, 6) is 1.61. The van der Waals surface area contributed by atoms with Gasteiger partial charge >= 0.3 is 0 Å². The summed E-state index contributed by atoms with van der Waals surface area (Å²) < 4.78 is 5.18. The Balaban J connectivity index is 1.98. The molecule has 0 bridgehead atoms. The van der Waals surface area contributed by atoms with Crippen LogP contribution in [0, 0.1) is 5.92 Å². The van der Waals surface area contributed by atoms with Crippen LogP contribution in [-0.4, -0.2) is 18.8 Å². The quantitative estimate of drug-likeness (QED) is 0.824. The summed E-state index contributed by atoms with van der Waals surface area (Å²) in [6, 6.07) is 4.32. The Kier molecular flexibility index (Phi) is 2.71. The summed E-state index contributed by atoms with van der Waals surface area (Å²) in [5, 5.41) is 13.5. The third-order valence-electron chi connectivity index (χ3n) is 4.16. The average Bonchev–Trinajstić information content (AvgIpc) is 2.27. The predicted octanol–water partition coefficient (Wildman–Crippen LogP) is 2.39. The summed E-state index contributed by atoms with van der Waals surface area (Å²) in [7, 11) is 1.60. The van der Waals surface area contributed by atoms with Crippen molar-refractivity contribution in [3.8, 4) is 11.5 Å². The number of ether oxygens (including phenoxy) is 1. The molecule has 17 heavy (non-hydrogen) atoms. The van der Waals surface area contributed by atoms with Crippen molar-refractivity contribution in [1.29, 1.82) is 0 Å². The molecule has 1 aromatic carbocycles. The molecule has 1 saturated carbocycles. The van der Waals surface area contributed by atoms with Crippen LogP contribution in [-0.2, 0) is 6.42 Å². The summed E-state index contributed by atoms with van der Waals surface area (Å²) >= 11 is 0. The minimum absolute atomic E-state index is 0.263. The van der Waals surface area contributed by atoms with Crippen molar-refractivity contribution < 1.29 is 9.84 Å². The van der Waals surface area contributed by atoms with E-state index >= 15 is 0 Å². The van der Waals surface area contributed by atoms with Crippen molar-refractivity contribution in [1.82, 2.24) is 5.32 Å². The minimum Gasteiger partial charge on any atom is -0.504 e. The number of rotatable bonds is 2. The Morgan fingerprint density at radius 1 is 1.35 bits per heavy atom. The number of phenols is 1. The number of aromatic hydroxyl groups is 1. The van der Waals surface area contributed by atoms with E-state index in [9.17, 15) is 5.11 Å². The van der Waals surface area contributed by atoms with Gasteiger partial charge in [0.2, 0.25) is 0 Å². The van der Waals surface area contributed by atoms with E-state index in [4.69, 9.17) is 4.74 Å². The first-order valence-corrected chi connectivity index (χ1v) is 6.42. The molecule has 3 nitrogen and oxygen atoms in total. The van der Waals surface area contributed by atoms with Gasteiger partial charge in [-0.25, -0.2) is 0 Å². The van der Waals surface area contributed by atoms with Gasteiger partial charge in [-0.3, -0.25) is 0 Å². The Hall–Kier alpha value is -1.22. The average molecular weight is 233 g/mol. The Bertz CT molecular complexity index is 426. The smallest absolute Gasteiger partial charge is 0.160 e. The molecule has 0 spiro atoms. The van der Waals surface area contributed by atoms with E-state index in [2.05, 4.69) is 5.32 Å². The van der Waals surface area contributed by atoms with Crippen molar-refractivity contribution in [2.75, 3.05) is 13.7 Å². The van der Waals surface area contributed by atoms with Crippen LogP contribution < -0.4 is 10.1 Å². The van der Waals surface area contributed by atoms with E-state index in [1.165, 1.54) is 30.4 Å². The van der Waals surface area contributed by atoms with Crippen LogP contribution in [0.3, 0.4) is 0 Å². The lowest BCUT2D eigenvalue weighted by molar-refractivity contribution is 0.224. The van der Waals surface area contributed by atoms with E-state index in [0.717, 1.165) is 18.9 Å². The van der Waals surface area contributed by atoms with E-state index < -0.39 is 0 Å². The maximum absolute atomic E-state index is 9.90. The molecule has 1 aliphatic carbocycles. The molecule has 0 radical (unpaired) electrons. The first-order valence-electron chi connectivity index (χ1n) is 6.42. The third kappa shape index (κ3) is 1.78. The van der Waals surface area contributed by atoms with Gasteiger partial charge in [0.15, 0.2) is 11.5 Å². The molecule has 1 aromatic rings. The highest BCUT2D eigenvalue weighted by atomic mass is 16.5. The van der Waals surface area contributed by atoms with Crippen LogP contribution in [0.5, 0.6) is 11.5 Å². The molecule has 1 unspecified atom stereocenters. The van der Waals surface area contributed by atoms with Gasteiger partial charge in [0.25, 0.3) is 0 Å². The molecule has 0 saturated heterocycles. The number of fused-ring (bicyclic) bond motifs is 1. The number of benzene rings is 1. The van der Waals surface area contributed by atoms with Crippen molar-refractivity contribution >= 4 is 0 Å². The summed E-state index contributed by atoms with van der Waals surface area (Å²) in [5.41, 5.74) is 2.61. The van der Waals surface area contributed by atoms with Crippen LogP contribution in [0.2, 0.25) is 0 Å². The van der Waals surface area contributed by atoms with Gasteiger partial charge < -0.3 is 15.2 Å². The second-order valence-corrected chi connectivity index (χ2v) is 5.10. The zero-order valence-corrected chi connectivity index (χ0v) is 10.2. The predicted molar refractivity (Wildman–Crippen MR) is 66.4 cm³/mol. The number of hydrogen-bond acceptors (Lipinski definition) is 3. The minimum atomic E-state index is 0.263. The van der Waals surface area contributed by atoms with Crippen LogP contribution in [0.25, 0.3) is 0 Å². The maximum Gasteiger partial charge on any atom is 0.160 e. The molecular weight excluding hydrogens is 214 g/mol. The monoisotopic (exact) mass is 233 g/mol. The van der Waals surface area contributed by atoms with Gasteiger partial charge in [-0.15, -0.1) is 0 Å². The first-order chi connectivity index (χ1) is 8.29. The van der Waals surface area contributed by atoms with E-state index in [1.54, 1.807) is 7.11 Å². The number of phenolic OH excluding ortho intramolecular Hbond substituents is 1. The van der Waals surface area contributed by atoms with Gasteiger partial charge in [-0.2, -0.15) is 0 Å². The molecule has 92 valence electrons. The maximum atomic E-state index is 9.90. The number of hydrogen-bond donors (Lipinski definition) is 2. The van der Waals surface area contributed by atoms with Gasteiger partial charge in [-0.05, 0) is 55.0 Å². The molecule has 2 N–H and O–H groups in total. The Morgan fingerprint density at radius 2 is 2.18 bits per heavy atom. The molecule has 3 rings (SSSR count). The van der Waals surface area contributed by atoms with Crippen molar-refractivity contribution in [2.24, 2.45) is 5.92 Å². The molecule has 0 amide bonds. The fraction of sp³-hybridized carbons (Fsp3) is 0.571. The molecule has 1 heterocycles. The summed E-state index contributed by atoms with van der Waals surface area (Å²) in [4.78, 5) is 0. The number of methoxy groups -OCH3 is 1. The normalized spacial score (nSPS) is 23.9. The largest absolute Gasteiger partial charge is 0.504 e. The molecule has 3 heteroatoms. The molecule has 0 aromatic heterocycles. The Morgan fingerprint density at radius 3 is 2.82 bits per heavy atom. The lowest BCUT2D eigenvalue weighted by Crippen LogP contribution is -2.37. The van der Waals surface area contributed by atoms with Crippen LogP contribution in [0.1, 0.15) is 36.4 Å². The second-order valence-electron chi connectivity index (χ2n) is 5.10. The highest BCUT2D eigenvalue weighted by Crippen LogP contribution is 2.43. The van der Waals surface area contributed by atoms with Gasteiger partial charge in [-0.1, -0.05) is 6.42 Å². The lowest BCUT2D eigenvalue weighted by atomic mass is 9.74. The fourth-order valence-electron chi connectivity index (χ4n) is 2.96. The molecule has 2 aliphatic rings. The fourth-order valence-corrected chi connectivity index (χ4v) is 2.96. The van der Waals surface area contributed by atoms with Gasteiger partial charge in [0.1, 0.15) is 0 Å². The van der Waals surface area contributed by atoms with E-state index in [0.29, 0.717) is 11.8 Å². The topological polar surface area (TPSA) is 41.5 Å². The van der Waals surface area contributed by atoms with Crippen molar-refractivity contribution in [3.63, 3.8) is 0 Å². The van der Waals surface area contributed by atoms with Gasteiger partial charge in [0, 0.05) is 6.04 Å². The van der Waals surface area contributed by atoms with Gasteiger partial charge in [0.05, 0.1) is 7.11 Å². The number of nitrogens with one attached hydrogen (secondary N) is 1.